The van der Waals surface area contributed by atoms with Gasteiger partial charge in [-0.05, 0) is 37.3 Å². The number of ether oxygens (including phenoxy) is 1. The third-order valence-electron chi connectivity index (χ3n) is 3.86. The van der Waals surface area contributed by atoms with E-state index in [9.17, 15) is 0 Å². The average molecular weight is 279 g/mol. The van der Waals surface area contributed by atoms with Crippen molar-refractivity contribution in [3.05, 3.63) is 35.4 Å². The molecule has 2 unspecified atom stereocenters. The molecule has 106 valence electrons. The van der Waals surface area contributed by atoms with Crippen molar-refractivity contribution in [1.82, 2.24) is 0 Å². The van der Waals surface area contributed by atoms with E-state index in [4.69, 9.17) is 10.5 Å². The van der Waals surface area contributed by atoms with Crippen LogP contribution < -0.4 is 5.73 Å². The normalized spacial score (nSPS) is 20.2. The maximum absolute atomic E-state index is 6.38. The number of thioether (sulfide) groups is 1. The maximum atomic E-state index is 6.38. The molecule has 1 saturated heterocycles. The van der Waals surface area contributed by atoms with Crippen molar-refractivity contribution in [2.75, 3.05) is 13.2 Å². The van der Waals surface area contributed by atoms with E-state index in [1.807, 2.05) is 0 Å². The van der Waals surface area contributed by atoms with Crippen LogP contribution >= 0.6 is 11.8 Å². The average Bonchev–Trinajstić information content (AvgIpc) is 2.46. The van der Waals surface area contributed by atoms with Gasteiger partial charge in [0, 0.05) is 29.8 Å². The molecular weight excluding hydrogens is 254 g/mol. The molecule has 0 saturated carbocycles. The van der Waals surface area contributed by atoms with E-state index >= 15 is 0 Å². The predicted octanol–water partition coefficient (Wildman–Crippen LogP) is 3.69. The Morgan fingerprint density at radius 1 is 1.32 bits per heavy atom. The lowest BCUT2D eigenvalue weighted by atomic mass is 10.00. The van der Waals surface area contributed by atoms with Crippen LogP contribution in [0.3, 0.4) is 0 Å². The van der Waals surface area contributed by atoms with Crippen LogP contribution in [0.25, 0.3) is 0 Å². The van der Waals surface area contributed by atoms with Gasteiger partial charge in [0.25, 0.3) is 0 Å². The van der Waals surface area contributed by atoms with E-state index in [-0.39, 0.29) is 6.04 Å². The first-order valence-corrected chi connectivity index (χ1v) is 8.21. The molecule has 19 heavy (non-hydrogen) atoms. The molecule has 2 atom stereocenters. The standard InChI is InChI=1S/C16H25NOS/c1-3-15(17)16(14-7-5-4-6-12(14)2)19-13-8-10-18-11-9-13/h4-7,13,15-16H,3,8-11,17H2,1-2H3. The summed E-state index contributed by atoms with van der Waals surface area (Å²) in [7, 11) is 0. The molecule has 0 amide bonds. The van der Waals surface area contributed by atoms with E-state index in [2.05, 4.69) is 49.9 Å². The molecule has 2 rings (SSSR count). The molecule has 1 heterocycles. The lowest BCUT2D eigenvalue weighted by molar-refractivity contribution is 0.0999. The highest BCUT2D eigenvalue weighted by molar-refractivity contribution is 8.00. The van der Waals surface area contributed by atoms with Crippen molar-refractivity contribution in [3.8, 4) is 0 Å². The van der Waals surface area contributed by atoms with Gasteiger partial charge in [-0.2, -0.15) is 0 Å². The molecular formula is C16H25NOS. The molecule has 0 aromatic heterocycles. The van der Waals surface area contributed by atoms with Crippen LogP contribution in [0.15, 0.2) is 24.3 Å². The Kier molecular flexibility index (Phi) is 5.74. The van der Waals surface area contributed by atoms with Gasteiger partial charge < -0.3 is 10.5 Å². The Morgan fingerprint density at radius 3 is 2.63 bits per heavy atom. The highest BCUT2D eigenvalue weighted by Gasteiger charge is 2.25. The number of hydrogen-bond donors (Lipinski definition) is 1. The first-order valence-electron chi connectivity index (χ1n) is 7.26. The fraction of sp³-hybridized carbons (Fsp3) is 0.625. The third kappa shape index (κ3) is 3.98. The van der Waals surface area contributed by atoms with E-state index in [0.717, 1.165) is 32.5 Å². The zero-order valence-corrected chi connectivity index (χ0v) is 12.8. The minimum Gasteiger partial charge on any atom is -0.381 e. The number of rotatable bonds is 5. The quantitative estimate of drug-likeness (QED) is 0.893. The van der Waals surface area contributed by atoms with Crippen LogP contribution in [-0.2, 0) is 4.74 Å². The molecule has 1 aliphatic heterocycles. The fourth-order valence-electron chi connectivity index (χ4n) is 2.54. The molecule has 0 spiro atoms. The minimum atomic E-state index is 0.231. The van der Waals surface area contributed by atoms with Crippen molar-refractivity contribution >= 4 is 11.8 Å². The summed E-state index contributed by atoms with van der Waals surface area (Å²) in [5, 5.41) is 1.10. The van der Waals surface area contributed by atoms with Gasteiger partial charge in [0.15, 0.2) is 0 Å². The highest BCUT2D eigenvalue weighted by Crippen LogP contribution is 2.39. The van der Waals surface area contributed by atoms with Crippen LogP contribution in [0.5, 0.6) is 0 Å². The van der Waals surface area contributed by atoms with Gasteiger partial charge in [-0.25, -0.2) is 0 Å². The summed E-state index contributed by atoms with van der Waals surface area (Å²) in [5.74, 6) is 0. The number of benzene rings is 1. The molecule has 0 bridgehead atoms. The molecule has 1 aromatic rings. The summed E-state index contributed by atoms with van der Waals surface area (Å²) in [6, 6.07) is 8.89. The van der Waals surface area contributed by atoms with Crippen molar-refractivity contribution < 1.29 is 4.74 Å². The van der Waals surface area contributed by atoms with Crippen molar-refractivity contribution in [1.29, 1.82) is 0 Å². The Morgan fingerprint density at radius 2 is 2.00 bits per heavy atom. The van der Waals surface area contributed by atoms with E-state index in [1.54, 1.807) is 0 Å². The number of nitrogens with two attached hydrogens (primary N) is 1. The molecule has 0 aliphatic carbocycles. The molecule has 0 radical (unpaired) electrons. The van der Waals surface area contributed by atoms with E-state index < -0.39 is 0 Å². The Hall–Kier alpha value is -0.510. The fourth-order valence-corrected chi connectivity index (χ4v) is 4.23. The Balaban J connectivity index is 2.13. The minimum absolute atomic E-state index is 0.231. The van der Waals surface area contributed by atoms with Crippen molar-refractivity contribution in [3.63, 3.8) is 0 Å². The number of hydrogen-bond acceptors (Lipinski definition) is 3. The van der Waals surface area contributed by atoms with E-state index in [1.165, 1.54) is 11.1 Å². The van der Waals surface area contributed by atoms with Crippen molar-refractivity contribution in [2.45, 2.75) is 49.7 Å². The summed E-state index contributed by atoms with van der Waals surface area (Å²) >= 11 is 2.06. The van der Waals surface area contributed by atoms with Crippen LogP contribution in [0.2, 0.25) is 0 Å². The third-order valence-corrected chi connectivity index (χ3v) is 5.62. The van der Waals surface area contributed by atoms with Crippen LogP contribution in [0.1, 0.15) is 42.6 Å². The number of aryl methyl sites for hydroxylation is 1. The second-order valence-electron chi connectivity index (χ2n) is 5.30. The zero-order chi connectivity index (χ0) is 13.7. The zero-order valence-electron chi connectivity index (χ0n) is 12.0. The smallest absolute Gasteiger partial charge is 0.0476 e. The first kappa shape index (κ1) is 14.9. The van der Waals surface area contributed by atoms with E-state index in [0.29, 0.717) is 10.5 Å². The second-order valence-corrected chi connectivity index (χ2v) is 6.74. The van der Waals surface area contributed by atoms with Gasteiger partial charge in [-0.15, -0.1) is 11.8 Å². The molecule has 1 aromatic carbocycles. The summed E-state index contributed by atoms with van der Waals surface area (Å²) in [6.07, 6.45) is 3.34. The van der Waals surface area contributed by atoms with Gasteiger partial charge in [0.05, 0.1) is 0 Å². The molecule has 3 heteroatoms. The second kappa shape index (κ2) is 7.32. The molecule has 1 fully saturated rings. The van der Waals surface area contributed by atoms with Gasteiger partial charge in [0.2, 0.25) is 0 Å². The van der Waals surface area contributed by atoms with Crippen LogP contribution in [0.4, 0.5) is 0 Å². The van der Waals surface area contributed by atoms with Gasteiger partial charge in [-0.1, -0.05) is 31.2 Å². The Labute approximate surface area is 121 Å². The predicted molar refractivity (Wildman–Crippen MR) is 83.6 cm³/mol. The summed E-state index contributed by atoms with van der Waals surface area (Å²) in [4.78, 5) is 0. The maximum Gasteiger partial charge on any atom is 0.0476 e. The van der Waals surface area contributed by atoms with Crippen molar-refractivity contribution in [2.24, 2.45) is 5.73 Å². The topological polar surface area (TPSA) is 35.2 Å². The lowest BCUT2D eigenvalue weighted by Gasteiger charge is -2.30. The van der Waals surface area contributed by atoms with Crippen LogP contribution in [0, 0.1) is 6.92 Å². The van der Waals surface area contributed by atoms with Gasteiger partial charge >= 0.3 is 0 Å². The largest absolute Gasteiger partial charge is 0.381 e. The molecule has 2 N–H and O–H groups in total. The highest BCUT2D eigenvalue weighted by atomic mass is 32.2. The van der Waals surface area contributed by atoms with Crippen LogP contribution in [-0.4, -0.2) is 24.5 Å². The monoisotopic (exact) mass is 279 g/mol. The van der Waals surface area contributed by atoms with Gasteiger partial charge in [0.1, 0.15) is 0 Å². The summed E-state index contributed by atoms with van der Waals surface area (Å²) in [6.45, 7) is 6.18. The molecule has 2 nitrogen and oxygen atoms in total. The molecule has 1 aliphatic rings. The first-order chi connectivity index (χ1) is 9.22. The lowest BCUT2D eigenvalue weighted by Crippen LogP contribution is -2.29. The summed E-state index contributed by atoms with van der Waals surface area (Å²) in [5.41, 5.74) is 9.15. The van der Waals surface area contributed by atoms with Gasteiger partial charge in [-0.3, -0.25) is 0 Å². The SMILES string of the molecule is CCC(N)C(SC1CCOCC1)c1ccccc1C. The summed E-state index contributed by atoms with van der Waals surface area (Å²) < 4.78 is 5.45. The Bertz CT molecular complexity index is 390.